The Balaban J connectivity index is 1.62. The number of ether oxygens (including phenoxy) is 1. The standard InChI is InChI=1S/C21H23N3O4S3/c1-3-14-4-5-15(12-19(14)31(26,27)24-8-10-28-11-9-24)20(25)22-16-6-7-17-18(13-16)30-21(23-17)29-2/h4-7,12-13H,3,8-11H2,1-2H3,(H,22,25). The molecule has 0 bridgehead atoms. The van der Waals surface area contributed by atoms with Crippen molar-refractivity contribution in [2.45, 2.75) is 22.6 Å². The van der Waals surface area contributed by atoms with Gasteiger partial charge in [0.2, 0.25) is 10.0 Å². The van der Waals surface area contributed by atoms with Gasteiger partial charge in [-0.25, -0.2) is 13.4 Å². The van der Waals surface area contributed by atoms with Crippen LogP contribution < -0.4 is 5.32 Å². The van der Waals surface area contributed by atoms with E-state index in [9.17, 15) is 13.2 Å². The topological polar surface area (TPSA) is 88.6 Å². The number of rotatable bonds is 6. The van der Waals surface area contributed by atoms with Crippen LogP contribution in [0.2, 0.25) is 0 Å². The number of anilines is 1. The van der Waals surface area contributed by atoms with E-state index in [2.05, 4.69) is 10.3 Å². The van der Waals surface area contributed by atoms with E-state index in [0.717, 1.165) is 14.6 Å². The summed E-state index contributed by atoms with van der Waals surface area (Å²) in [5.74, 6) is -0.352. The SMILES string of the molecule is CCc1ccc(C(=O)Nc2ccc3nc(SC)sc3c2)cc1S(=O)(=O)N1CCOCC1. The highest BCUT2D eigenvalue weighted by atomic mass is 32.2. The van der Waals surface area contributed by atoms with Crippen LogP contribution >= 0.6 is 23.1 Å². The summed E-state index contributed by atoms with van der Waals surface area (Å²) < 4.78 is 35.1. The minimum atomic E-state index is -3.70. The third kappa shape index (κ3) is 4.63. The molecule has 0 atom stereocenters. The van der Waals surface area contributed by atoms with Crippen molar-refractivity contribution in [3.05, 3.63) is 47.5 Å². The zero-order valence-electron chi connectivity index (χ0n) is 17.3. The number of amides is 1. The number of carbonyl (C=O) groups is 1. The van der Waals surface area contributed by atoms with Crippen molar-refractivity contribution >= 4 is 54.9 Å². The lowest BCUT2D eigenvalue weighted by molar-refractivity contribution is 0.0730. The number of thiazole rings is 1. The molecule has 0 unspecified atom stereocenters. The maximum atomic E-state index is 13.2. The second kappa shape index (κ2) is 9.25. The molecular weight excluding hydrogens is 454 g/mol. The number of aryl methyl sites for hydroxylation is 1. The zero-order chi connectivity index (χ0) is 22.0. The van der Waals surface area contributed by atoms with Gasteiger partial charge in [0.15, 0.2) is 4.34 Å². The first kappa shape index (κ1) is 22.2. The molecule has 1 N–H and O–H groups in total. The normalized spacial score (nSPS) is 15.3. The van der Waals surface area contributed by atoms with Crippen LogP contribution in [0.3, 0.4) is 0 Å². The van der Waals surface area contributed by atoms with E-state index in [0.29, 0.717) is 49.5 Å². The summed E-state index contributed by atoms with van der Waals surface area (Å²) in [6.07, 6.45) is 2.53. The monoisotopic (exact) mass is 477 g/mol. The van der Waals surface area contributed by atoms with Gasteiger partial charge in [0.1, 0.15) is 0 Å². The van der Waals surface area contributed by atoms with E-state index >= 15 is 0 Å². The fourth-order valence-electron chi connectivity index (χ4n) is 3.43. The molecule has 2 aromatic carbocycles. The third-order valence-corrected chi connectivity index (χ3v) is 9.08. The Hall–Kier alpha value is -1.98. The van der Waals surface area contributed by atoms with Crippen molar-refractivity contribution in [2.75, 3.05) is 37.9 Å². The molecule has 1 saturated heterocycles. The molecule has 1 amide bonds. The molecule has 1 aromatic heterocycles. The van der Waals surface area contributed by atoms with Gasteiger partial charge in [-0.15, -0.1) is 11.3 Å². The molecule has 4 rings (SSSR count). The van der Waals surface area contributed by atoms with Gasteiger partial charge in [0, 0.05) is 24.3 Å². The molecule has 31 heavy (non-hydrogen) atoms. The Morgan fingerprint density at radius 1 is 1.23 bits per heavy atom. The van der Waals surface area contributed by atoms with Gasteiger partial charge in [0.05, 0.1) is 28.3 Å². The number of nitrogens with one attached hydrogen (secondary N) is 1. The van der Waals surface area contributed by atoms with E-state index in [1.807, 2.05) is 25.3 Å². The second-order valence-electron chi connectivity index (χ2n) is 7.01. The van der Waals surface area contributed by atoms with Crippen LogP contribution in [0, 0.1) is 0 Å². The summed E-state index contributed by atoms with van der Waals surface area (Å²) in [5, 5.41) is 2.88. The van der Waals surface area contributed by atoms with Crippen LogP contribution in [0.25, 0.3) is 10.2 Å². The fraction of sp³-hybridized carbons (Fsp3) is 0.333. The van der Waals surface area contributed by atoms with Crippen LogP contribution in [-0.4, -0.2) is 56.2 Å². The number of hydrogen-bond acceptors (Lipinski definition) is 7. The summed E-state index contributed by atoms with van der Waals surface area (Å²) in [6, 6.07) is 10.4. The van der Waals surface area contributed by atoms with Gasteiger partial charge in [-0.3, -0.25) is 4.79 Å². The van der Waals surface area contributed by atoms with E-state index in [1.54, 1.807) is 41.3 Å². The fourth-order valence-corrected chi connectivity index (χ4v) is 6.68. The molecule has 7 nitrogen and oxygen atoms in total. The number of sulfonamides is 1. The number of thioether (sulfide) groups is 1. The summed E-state index contributed by atoms with van der Waals surface area (Å²) in [6.45, 7) is 3.28. The molecule has 1 aliphatic rings. The molecule has 3 aromatic rings. The number of morpholine rings is 1. The van der Waals surface area contributed by atoms with Gasteiger partial charge >= 0.3 is 0 Å². The Morgan fingerprint density at radius 3 is 2.71 bits per heavy atom. The summed E-state index contributed by atoms with van der Waals surface area (Å²) in [4.78, 5) is 17.6. The average molecular weight is 478 g/mol. The van der Waals surface area contributed by atoms with Gasteiger partial charge in [0.25, 0.3) is 5.91 Å². The van der Waals surface area contributed by atoms with Gasteiger partial charge < -0.3 is 10.1 Å². The van der Waals surface area contributed by atoms with Crippen molar-refractivity contribution in [1.82, 2.24) is 9.29 Å². The second-order valence-corrected chi connectivity index (χ2v) is 11.0. The van der Waals surface area contributed by atoms with E-state index < -0.39 is 10.0 Å². The van der Waals surface area contributed by atoms with Gasteiger partial charge in [-0.05, 0) is 48.6 Å². The molecule has 164 valence electrons. The number of nitrogens with zero attached hydrogens (tertiary/aromatic N) is 2. The number of fused-ring (bicyclic) bond motifs is 1. The first-order chi connectivity index (χ1) is 14.9. The van der Waals surface area contributed by atoms with Crippen LogP contribution in [0.1, 0.15) is 22.8 Å². The lowest BCUT2D eigenvalue weighted by Gasteiger charge is -2.27. The molecule has 1 aliphatic heterocycles. The smallest absolute Gasteiger partial charge is 0.255 e. The molecule has 0 spiro atoms. The molecule has 10 heteroatoms. The van der Waals surface area contributed by atoms with E-state index in [1.165, 1.54) is 10.4 Å². The summed E-state index contributed by atoms with van der Waals surface area (Å²) in [7, 11) is -3.70. The lowest BCUT2D eigenvalue weighted by atomic mass is 10.1. The van der Waals surface area contributed by atoms with Crippen LogP contribution in [0.4, 0.5) is 5.69 Å². The Morgan fingerprint density at radius 2 is 2.00 bits per heavy atom. The molecule has 0 aliphatic carbocycles. The quantitative estimate of drug-likeness (QED) is 0.543. The van der Waals surface area contributed by atoms with Crippen LogP contribution in [0.5, 0.6) is 0 Å². The highest BCUT2D eigenvalue weighted by molar-refractivity contribution is 8.00. The lowest BCUT2D eigenvalue weighted by Crippen LogP contribution is -2.41. The molecule has 2 heterocycles. The summed E-state index contributed by atoms with van der Waals surface area (Å²) in [5.41, 5.74) is 2.53. The number of benzene rings is 2. The minimum Gasteiger partial charge on any atom is -0.379 e. The number of carbonyl (C=O) groups excluding carboxylic acids is 1. The highest BCUT2D eigenvalue weighted by Crippen LogP contribution is 2.30. The molecule has 1 fully saturated rings. The third-order valence-electron chi connectivity index (χ3n) is 5.10. The maximum absolute atomic E-state index is 13.2. The van der Waals surface area contributed by atoms with E-state index in [-0.39, 0.29) is 10.8 Å². The van der Waals surface area contributed by atoms with Crippen molar-refractivity contribution in [1.29, 1.82) is 0 Å². The van der Waals surface area contributed by atoms with Crippen molar-refractivity contribution in [3.8, 4) is 0 Å². The highest BCUT2D eigenvalue weighted by Gasteiger charge is 2.29. The summed E-state index contributed by atoms with van der Waals surface area (Å²) >= 11 is 3.15. The number of hydrogen-bond donors (Lipinski definition) is 1. The minimum absolute atomic E-state index is 0.187. The molecular formula is C21H23N3O4S3. The van der Waals surface area contributed by atoms with Crippen LogP contribution in [0.15, 0.2) is 45.6 Å². The van der Waals surface area contributed by atoms with Crippen molar-refractivity contribution < 1.29 is 17.9 Å². The first-order valence-electron chi connectivity index (χ1n) is 9.89. The Bertz CT molecular complexity index is 1220. The Kier molecular flexibility index (Phi) is 6.63. The predicted molar refractivity (Wildman–Crippen MR) is 125 cm³/mol. The molecule has 0 saturated carbocycles. The van der Waals surface area contributed by atoms with Crippen molar-refractivity contribution in [3.63, 3.8) is 0 Å². The van der Waals surface area contributed by atoms with Gasteiger partial charge in [-0.1, -0.05) is 24.8 Å². The average Bonchev–Trinajstić information content (AvgIpc) is 3.21. The largest absolute Gasteiger partial charge is 0.379 e. The van der Waals surface area contributed by atoms with Gasteiger partial charge in [-0.2, -0.15) is 4.31 Å². The van der Waals surface area contributed by atoms with Crippen LogP contribution in [-0.2, 0) is 21.2 Å². The predicted octanol–water partition coefficient (Wildman–Crippen LogP) is 3.85. The van der Waals surface area contributed by atoms with E-state index in [4.69, 9.17) is 4.74 Å². The number of aromatic nitrogens is 1. The first-order valence-corrected chi connectivity index (χ1v) is 13.4. The Labute approximate surface area is 189 Å². The van der Waals surface area contributed by atoms with Crippen molar-refractivity contribution in [2.24, 2.45) is 0 Å². The molecule has 0 radical (unpaired) electrons. The zero-order valence-corrected chi connectivity index (χ0v) is 19.7. The maximum Gasteiger partial charge on any atom is 0.255 e.